The van der Waals surface area contributed by atoms with E-state index in [1.54, 1.807) is 0 Å². The minimum atomic E-state index is -0.234. The summed E-state index contributed by atoms with van der Waals surface area (Å²) in [5, 5.41) is 4.64. The number of aromatic nitrogens is 2. The van der Waals surface area contributed by atoms with E-state index in [1.165, 1.54) is 11.3 Å². The Morgan fingerprint density at radius 1 is 1.35 bits per heavy atom. The summed E-state index contributed by atoms with van der Waals surface area (Å²) in [5.74, 6) is 0.787. The van der Waals surface area contributed by atoms with Gasteiger partial charge in [-0.25, -0.2) is 0 Å². The van der Waals surface area contributed by atoms with Gasteiger partial charge in [0, 0.05) is 31.7 Å². The van der Waals surface area contributed by atoms with E-state index < -0.39 is 0 Å². The quantitative estimate of drug-likeness (QED) is 0.838. The topological polar surface area (TPSA) is 47.4 Å². The van der Waals surface area contributed by atoms with Crippen LogP contribution in [0, 0.1) is 19.8 Å². The van der Waals surface area contributed by atoms with Gasteiger partial charge in [-0.05, 0) is 45.6 Å². The van der Waals surface area contributed by atoms with Crippen LogP contribution in [0.2, 0.25) is 0 Å². The first-order chi connectivity index (χ1) is 10.7. The third-order valence-electron chi connectivity index (χ3n) is 4.44. The van der Waals surface area contributed by atoms with Crippen LogP contribution in [-0.2, 0) is 22.5 Å². The van der Waals surface area contributed by atoms with E-state index in [9.17, 15) is 4.79 Å². The predicted octanol–water partition coefficient (Wildman–Crippen LogP) is 2.73. The molecule has 1 aromatic heterocycles. The van der Waals surface area contributed by atoms with Gasteiger partial charge in [0.1, 0.15) is 0 Å². The molecule has 2 heterocycles. The fourth-order valence-corrected chi connectivity index (χ4v) is 3.24. The zero-order chi connectivity index (χ0) is 17.2. The minimum Gasteiger partial charge on any atom is -0.372 e. The first-order valence-electron chi connectivity index (χ1n) is 8.64. The number of hydrogen-bond acceptors (Lipinski definition) is 3. The third-order valence-corrected chi connectivity index (χ3v) is 4.44. The average Bonchev–Trinajstić information content (AvgIpc) is 2.69. The summed E-state index contributed by atoms with van der Waals surface area (Å²) >= 11 is 0. The zero-order valence-electron chi connectivity index (χ0n) is 15.5. The molecular formula is C18H31N3O2. The van der Waals surface area contributed by atoms with Gasteiger partial charge in [0.2, 0.25) is 5.91 Å². The van der Waals surface area contributed by atoms with Crippen LogP contribution in [0.1, 0.15) is 51.1 Å². The van der Waals surface area contributed by atoms with Crippen molar-refractivity contribution in [2.45, 2.75) is 66.5 Å². The number of nitrogens with zero attached hydrogens (tertiary/aromatic N) is 3. The molecule has 2 rings (SSSR count). The van der Waals surface area contributed by atoms with Gasteiger partial charge < -0.3 is 9.64 Å². The van der Waals surface area contributed by atoms with E-state index in [4.69, 9.17) is 4.74 Å². The standard InChI is InChI=1S/C18H31N3O2/c1-13(2)11-21-15(4)16(14(3)19-21)7-8-17(22)20-9-10-23-18(5,6)12-20/h13H,7-12H2,1-6H3. The Hall–Kier alpha value is -1.36. The maximum Gasteiger partial charge on any atom is 0.223 e. The Labute approximate surface area is 140 Å². The van der Waals surface area contributed by atoms with Crippen LogP contribution >= 0.6 is 0 Å². The highest BCUT2D eigenvalue weighted by Crippen LogP contribution is 2.20. The van der Waals surface area contributed by atoms with Crippen molar-refractivity contribution in [1.29, 1.82) is 0 Å². The molecular weight excluding hydrogens is 290 g/mol. The van der Waals surface area contributed by atoms with E-state index in [0.717, 1.165) is 18.7 Å². The maximum atomic E-state index is 12.5. The van der Waals surface area contributed by atoms with Gasteiger partial charge in [-0.15, -0.1) is 0 Å². The fraction of sp³-hybridized carbons (Fsp3) is 0.778. The first kappa shape index (κ1) is 18.0. The van der Waals surface area contributed by atoms with Gasteiger partial charge in [-0.1, -0.05) is 13.8 Å². The zero-order valence-corrected chi connectivity index (χ0v) is 15.5. The number of ether oxygens (including phenoxy) is 1. The van der Waals surface area contributed by atoms with Crippen molar-refractivity contribution in [3.63, 3.8) is 0 Å². The van der Waals surface area contributed by atoms with Crippen molar-refractivity contribution in [3.05, 3.63) is 17.0 Å². The Kier molecular flexibility index (Phi) is 5.50. The van der Waals surface area contributed by atoms with Gasteiger partial charge in [0.15, 0.2) is 0 Å². The van der Waals surface area contributed by atoms with E-state index in [1.807, 2.05) is 25.7 Å². The number of carbonyl (C=O) groups excluding carboxylic acids is 1. The second kappa shape index (κ2) is 7.04. The molecule has 1 aliphatic rings. The van der Waals surface area contributed by atoms with Crippen LogP contribution in [0.25, 0.3) is 0 Å². The molecule has 0 N–H and O–H groups in total. The highest BCUT2D eigenvalue weighted by atomic mass is 16.5. The highest BCUT2D eigenvalue weighted by Gasteiger charge is 2.29. The van der Waals surface area contributed by atoms with E-state index >= 15 is 0 Å². The monoisotopic (exact) mass is 321 g/mol. The molecule has 0 saturated carbocycles. The molecule has 0 bridgehead atoms. The molecule has 1 aliphatic heterocycles. The smallest absolute Gasteiger partial charge is 0.223 e. The predicted molar refractivity (Wildman–Crippen MR) is 91.5 cm³/mol. The van der Waals surface area contributed by atoms with Crippen molar-refractivity contribution in [1.82, 2.24) is 14.7 Å². The summed E-state index contributed by atoms with van der Waals surface area (Å²) in [6, 6.07) is 0. The summed E-state index contributed by atoms with van der Waals surface area (Å²) in [6.45, 7) is 15.6. The fourth-order valence-electron chi connectivity index (χ4n) is 3.24. The number of carbonyl (C=O) groups is 1. The average molecular weight is 321 g/mol. The molecule has 0 spiro atoms. The van der Waals surface area contributed by atoms with Crippen molar-refractivity contribution in [3.8, 4) is 0 Å². The van der Waals surface area contributed by atoms with Gasteiger partial charge >= 0.3 is 0 Å². The van der Waals surface area contributed by atoms with Crippen LogP contribution in [0.5, 0.6) is 0 Å². The Balaban J connectivity index is 1.98. The molecule has 1 aromatic rings. The largest absolute Gasteiger partial charge is 0.372 e. The molecule has 1 saturated heterocycles. The first-order valence-corrected chi connectivity index (χ1v) is 8.64. The lowest BCUT2D eigenvalue weighted by atomic mass is 10.0. The lowest BCUT2D eigenvalue weighted by Gasteiger charge is -2.38. The highest BCUT2D eigenvalue weighted by molar-refractivity contribution is 5.76. The number of aryl methyl sites for hydroxylation is 1. The lowest BCUT2D eigenvalue weighted by Crippen LogP contribution is -2.50. The van der Waals surface area contributed by atoms with Crippen molar-refractivity contribution >= 4 is 5.91 Å². The number of amides is 1. The summed E-state index contributed by atoms with van der Waals surface area (Å²) in [7, 11) is 0. The molecule has 5 heteroatoms. The summed E-state index contributed by atoms with van der Waals surface area (Å²) < 4.78 is 7.76. The normalized spacial score (nSPS) is 17.8. The SMILES string of the molecule is Cc1nn(CC(C)C)c(C)c1CCC(=O)N1CCOC(C)(C)C1. The molecule has 0 radical (unpaired) electrons. The summed E-state index contributed by atoms with van der Waals surface area (Å²) in [5.41, 5.74) is 3.25. The van der Waals surface area contributed by atoms with Gasteiger partial charge in [-0.3, -0.25) is 9.48 Å². The third kappa shape index (κ3) is 4.56. The van der Waals surface area contributed by atoms with E-state index in [-0.39, 0.29) is 11.5 Å². The molecule has 1 amide bonds. The molecule has 5 nitrogen and oxygen atoms in total. The van der Waals surface area contributed by atoms with Gasteiger partial charge in [-0.2, -0.15) is 5.10 Å². The molecule has 0 aromatic carbocycles. The van der Waals surface area contributed by atoms with Crippen molar-refractivity contribution in [2.75, 3.05) is 19.7 Å². The van der Waals surface area contributed by atoms with Crippen LogP contribution in [-0.4, -0.2) is 45.9 Å². The van der Waals surface area contributed by atoms with Gasteiger partial charge in [0.05, 0.1) is 17.9 Å². The molecule has 0 unspecified atom stereocenters. The van der Waals surface area contributed by atoms with Gasteiger partial charge in [0.25, 0.3) is 0 Å². The summed E-state index contributed by atoms with van der Waals surface area (Å²) in [6.07, 6.45) is 1.32. The van der Waals surface area contributed by atoms with Crippen molar-refractivity contribution < 1.29 is 9.53 Å². The number of rotatable bonds is 5. The van der Waals surface area contributed by atoms with E-state index in [0.29, 0.717) is 32.0 Å². The number of morpholine rings is 1. The molecule has 0 atom stereocenters. The molecule has 0 aliphatic carbocycles. The lowest BCUT2D eigenvalue weighted by molar-refractivity contribution is -0.145. The molecule has 1 fully saturated rings. The summed E-state index contributed by atoms with van der Waals surface area (Å²) in [4.78, 5) is 14.4. The maximum absolute atomic E-state index is 12.5. The molecule has 23 heavy (non-hydrogen) atoms. The van der Waals surface area contributed by atoms with Crippen LogP contribution in [0.4, 0.5) is 0 Å². The van der Waals surface area contributed by atoms with Crippen LogP contribution in [0.3, 0.4) is 0 Å². The Morgan fingerprint density at radius 3 is 2.65 bits per heavy atom. The second-order valence-corrected chi connectivity index (χ2v) is 7.65. The Bertz CT molecular complexity index is 561. The minimum absolute atomic E-state index is 0.219. The van der Waals surface area contributed by atoms with Crippen LogP contribution in [0.15, 0.2) is 0 Å². The number of hydrogen-bond donors (Lipinski definition) is 0. The second-order valence-electron chi connectivity index (χ2n) is 7.65. The van der Waals surface area contributed by atoms with E-state index in [2.05, 4.69) is 30.6 Å². The van der Waals surface area contributed by atoms with Crippen LogP contribution < -0.4 is 0 Å². The van der Waals surface area contributed by atoms with Crippen molar-refractivity contribution in [2.24, 2.45) is 5.92 Å². The Morgan fingerprint density at radius 2 is 2.04 bits per heavy atom. The molecule has 130 valence electrons.